The van der Waals surface area contributed by atoms with Crippen LogP contribution in [0.15, 0.2) is 23.1 Å². The molecule has 0 saturated carbocycles. The van der Waals surface area contributed by atoms with E-state index in [2.05, 4.69) is 5.43 Å². The van der Waals surface area contributed by atoms with E-state index in [1.165, 1.54) is 26.3 Å². The third-order valence-corrected chi connectivity index (χ3v) is 4.53. The molecule has 10 heteroatoms. The number of nitrogen functional groups attached to an aromatic ring is 1. The SMILES string of the molecule is COCCN(C)S(=O)(=O)c1cc([N+](=O)[O-])ccc1NN. The van der Waals surface area contributed by atoms with Gasteiger partial charge in [-0.05, 0) is 6.07 Å². The number of rotatable bonds is 7. The van der Waals surface area contributed by atoms with Crippen molar-refractivity contribution in [1.29, 1.82) is 0 Å². The lowest BCUT2D eigenvalue weighted by molar-refractivity contribution is -0.385. The second-order valence-electron chi connectivity index (χ2n) is 3.90. The number of likely N-dealkylation sites (N-methyl/N-ethyl adjacent to an activating group) is 1. The molecule has 1 aromatic rings. The van der Waals surface area contributed by atoms with E-state index in [0.717, 1.165) is 10.4 Å². The van der Waals surface area contributed by atoms with Crippen LogP contribution >= 0.6 is 0 Å². The Morgan fingerprint density at radius 1 is 1.50 bits per heavy atom. The summed E-state index contributed by atoms with van der Waals surface area (Å²) >= 11 is 0. The first-order chi connectivity index (χ1) is 9.34. The average molecular weight is 304 g/mol. The van der Waals surface area contributed by atoms with Crippen LogP contribution in [0, 0.1) is 10.1 Å². The smallest absolute Gasteiger partial charge is 0.270 e. The standard InChI is InChI=1S/C10H16N4O5S/c1-13(5-6-19-2)20(17,18)10-7-8(14(15)16)3-4-9(10)12-11/h3-4,7,12H,5-6,11H2,1-2H3. The Morgan fingerprint density at radius 2 is 2.15 bits per heavy atom. The van der Waals surface area contributed by atoms with Crippen molar-refractivity contribution in [1.82, 2.24) is 4.31 Å². The van der Waals surface area contributed by atoms with Gasteiger partial charge in [-0.2, -0.15) is 4.31 Å². The predicted octanol–water partition coefficient (Wildman–Crippen LogP) is 0.147. The van der Waals surface area contributed by atoms with Gasteiger partial charge in [-0.1, -0.05) is 0 Å². The van der Waals surface area contributed by atoms with Crippen LogP contribution in [0.2, 0.25) is 0 Å². The number of hydrazine groups is 1. The van der Waals surface area contributed by atoms with E-state index in [-0.39, 0.29) is 29.4 Å². The maximum atomic E-state index is 12.3. The number of nitrogens with two attached hydrogens (primary N) is 1. The van der Waals surface area contributed by atoms with E-state index in [1.807, 2.05) is 0 Å². The molecule has 0 aliphatic heterocycles. The molecule has 0 aliphatic rings. The largest absolute Gasteiger partial charge is 0.383 e. The van der Waals surface area contributed by atoms with Gasteiger partial charge in [0.2, 0.25) is 10.0 Å². The van der Waals surface area contributed by atoms with Gasteiger partial charge in [-0.15, -0.1) is 0 Å². The number of nitrogens with zero attached hydrogens (tertiary/aromatic N) is 2. The van der Waals surface area contributed by atoms with Crippen molar-refractivity contribution in [3.8, 4) is 0 Å². The summed E-state index contributed by atoms with van der Waals surface area (Å²) in [5.41, 5.74) is 1.97. The van der Waals surface area contributed by atoms with E-state index in [9.17, 15) is 18.5 Å². The molecule has 1 aromatic carbocycles. The summed E-state index contributed by atoms with van der Waals surface area (Å²) in [7, 11) is -1.10. The molecule has 0 radical (unpaired) electrons. The maximum absolute atomic E-state index is 12.3. The maximum Gasteiger partial charge on any atom is 0.270 e. The summed E-state index contributed by atoms with van der Waals surface area (Å²) in [5.74, 6) is 5.25. The van der Waals surface area contributed by atoms with Gasteiger partial charge in [-0.25, -0.2) is 8.42 Å². The lowest BCUT2D eigenvalue weighted by Crippen LogP contribution is -2.31. The van der Waals surface area contributed by atoms with Gasteiger partial charge in [0.05, 0.1) is 17.2 Å². The normalized spacial score (nSPS) is 11.6. The monoisotopic (exact) mass is 304 g/mol. The first-order valence-corrected chi connectivity index (χ1v) is 6.99. The Balaban J connectivity index is 3.27. The fourth-order valence-electron chi connectivity index (χ4n) is 1.47. The lowest BCUT2D eigenvalue weighted by atomic mass is 10.3. The van der Waals surface area contributed by atoms with Gasteiger partial charge >= 0.3 is 0 Å². The summed E-state index contributed by atoms with van der Waals surface area (Å²) in [6.07, 6.45) is 0. The Bertz CT molecular complexity index is 589. The van der Waals surface area contributed by atoms with Gasteiger partial charge in [0.25, 0.3) is 5.69 Å². The Hall–Kier alpha value is -1.75. The molecule has 0 amide bonds. The van der Waals surface area contributed by atoms with Crippen molar-refractivity contribution >= 4 is 21.4 Å². The van der Waals surface area contributed by atoms with Crippen molar-refractivity contribution in [2.75, 3.05) is 32.7 Å². The number of nitrogens with one attached hydrogen (secondary N) is 1. The molecule has 0 saturated heterocycles. The molecular formula is C10H16N4O5S. The molecule has 0 aliphatic carbocycles. The van der Waals surface area contributed by atoms with E-state index in [4.69, 9.17) is 10.6 Å². The summed E-state index contributed by atoms with van der Waals surface area (Å²) in [4.78, 5) is 9.82. The van der Waals surface area contributed by atoms with Crippen LogP contribution in [-0.4, -0.2) is 45.0 Å². The van der Waals surface area contributed by atoms with Gasteiger partial charge in [0.1, 0.15) is 4.90 Å². The van der Waals surface area contributed by atoms with Crippen LogP contribution in [0.4, 0.5) is 11.4 Å². The molecular weight excluding hydrogens is 288 g/mol. The highest BCUT2D eigenvalue weighted by Gasteiger charge is 2.26. The minimum Gasteiger partial charge on any atom is -0.383 e. The van der Waals surface area contributed by atoms with Crippen LogP contribution in [0.5, 0.6) is 0 Å². The van der Waals surface area contributed by atoms with E-state index in [1.54, 1.807) is 0 Å². The highest BCUT2D eigenvalue weighted by Crippen LogP contribution is 2.27. The minimum atomic E-state index is -3.90. The van der Waals surface area contributed by atoms with Crippen LogP contribution in [-0.2, 0) is 14.8 Å². The number of hydrogen-bond acceptors (Lipinski definition) is 7. The van der Waals surface area contributed by atoms with Crippen molar-refractivity contribution in [2.24, 2.45) is 5.84 Å². The van der Waals surface area contributed by atoms with Crippen LogP contribution < -0.4 is 11.3 Å². The van der Waals surface area contributed by atoms with E-state index >= 15 is 0 Å². The number of ether oxygens (including phenoxy) is 1. The average Bonchev–Trinajstić information content (AvgIpc) is 2.43. The van der Waals surface area contributed by atoms with Gasteiger partial charge in [0, 0.05) is 32.8 Å². The first kappa shape index (κ1) is 16.3. The number of nitro benzene ring substituents is 1. The van der Waals surface area contributed by atoms with Crippen molar-refractivity contribution in [3.05, 3.63) is 28.3 Å². The van der Waals surface area contributed by atoms with Gasteiger partial charge < -0.3 is 10.2 Å². The summed E-state index contributed by atoms with van der Waals surface area (Å²) in [6.45, 7) is 0.321. The molecule has 0 fully saturated rings. The molecule has 3 N–H and O–H groups in total. The molecule has 0 unspecified atom stereocenters. The molecule has 20 heavy (non-hydrogen) atoms. The quantitative estimate of drug-likeness (QED) is 0.417. The van der Waals surface area contributed by atoms with Crippen molar-refractivity contribution in [2.45, 2.75) is 4.90 Å². The summed E-state index contributed by atoms with van der Waals surface area (Å²) < 4.78 is 30.5. The molecule has 112 valence electrons. The van der Waals surface area contributed by atoms with E-state index in [0.29, 0.717) is 0 Å². The number of hydrogen-bond donors (Lipinski definition) is 2. The van der Waals surface area contributed by atoms with Crippen LogP contribution in [0.1, 0.15) is 0 Å². The van der Waals surface area contributed by atoms with Crippen molar-refractivity contribution < 1.29 is 18.1 Å². The van der Waals surface area contributed by atoms with Gasteiger partial charge in [-0.3, -0.25) is 16.0 Å². The van der Waals surface area contributed by atoms with Gasteiger partial charge in [0.15, 0.2) is 0 Å². The second-order valence-corrected chi connectivity index (χ2v) is 5.91. The number of anilines is 1. The highest BCUT2D eigenvalue weighted by atomic mass is 32.2. The summed E-state index contributed by atoms with van der Waals surface area (Å²) in [5, 5.41) is 10.7. The van der Waals surface area contributed by atoms with Crippen LogP contribution in [0.3, 0.4) is 0 Å². The predicted molar refractivity (Wildman–Crippen MR) is 72.6 cm³/mol. The van der Waals surface area contributed by atoms with Crippen molar-refractivity contribution in [3.63, 3.8) is 0 Å². The topological polar surface area (TPSA) is 128 Å². The number of sulfonamides is 1. The number of methoxy groups -OCH3 is 1. The first-order valence-electron chi connectivity index (χ1n) is 5.55. The zero-order valence-corrected chi connectivity index (χ0v) is 11.9. The number of benzene rings is 1. The molecule has 0 aromatic heterocycles. The Labute approximate surface area is 116 Å². The fraction of sp³-hybridized carbons (Fsp3) is 0.400. The third kappa shape index (κ3) is 3.42. The van der Waals surface area contributed by atoms with Crippen LogP contribution in [0.25, 0.3) is 0 Å². The Kier molecular flexibility index (Phi) is 5.39. The molecule has 0 heterocycles. The van der Waals surface area contributed by atoms with E-state index < -0.39 is 14.9 Å². The molecule has 1 rings (SSSR count). The third-order valence-electron chi connectivity index (χ3n) is 2.63. The number of nitro groups is 1. The molecule has 0 atom stereocenters. The fourth-order valence-corrected chi connectivity index (χ4v) is 2.79. The second kappa shape index (κ2) is 6.61. The zero-order chi connectivity index (χ0) is 15.3. The highest BCUT2D eigenvalue weighted by molar-refractivity contribution is 7.89. The Morgan fingerprint density at radius 3 is 2.65 bits per heavy atom. The molecule has 0 spiro atoms. The molecule has 9 nitrogen and oxygen atoms in total. The minimum absolute atomic E-state index is 0.0832. The zero-order valence-electron chi connectivity index (χ0n) is 11.1. The molecule has 0 bridgehead atoms. The lowest BCUT2D eigenvalue weighted by Gasteiger charge is -2.18. The summed E-state index contributed by atoms with van der Waals surface area (Å²) in [6, 6.07) is 3.38. The number of non-ortho nitro benzene ring substituents is 1.